The minimum absolute atomic E-state index is 0.206. The van der Waals surface area contributed by atoms with E-state index in [0.29, 0.717) is 12.5 Å². The molecule has 104 valence electrons. The Morgan fingerprint density at radius 2 is 2.17 bits per heavy atom. The molecule has 0 spiro atoms. The third kappa shape index (κ3) is 3.68. The Kier molecular flexibility index (Phi) is 5.55. The van der Waals surface area contributed by atoms with Crippen LogP contribution in [-0.4, -0.2) is 42.0 Å². The van der Waals surface area contributed by atoms with Gasteiger partial charge in [-0.15, -0.1) is 0 Å². The van der Waals surface area contributed by atoms with E-state index in [9.17, 15) is 9.59 Å². The van der Waals surface area contributed by atoms with E-state index in [1.165, 1.54) is 0 Å². The molecule has 1 heterocycles. The second kappa shape index (κ2) is 6.70. The number of carbonyl (C=O) groups excluding carboxylic acids is 2. The lowest BCUT2D eigenvalue weighted by Crippen LogP contribution is -2.56. The zero-order valence-electron chi connectivity index (χ0n) is 11.2. The number of nitrogens with one attached hydrogen (secondary N) is 1. The number of primary amides is 1. The van der Waals surface area contributed by atoms with Crippen molar-refractivity contribution in [1.82, 2.24) is 10.2 Å². The summed E-state index contributed by atoms with van der Waals surface area (Å²) in [6, 6.07) is -0.972. The lowest BCUT2D eigenvalue weighted by atomic mass is 9.88. The lowest BCUT2D eigenvalue weighted by Gasteiger charge is -2.41. The predicted octanol–water partition coefficient (Wildman–Crippen LogP) is 0.0191. The first kappa shape index (κ1) is 14.9. The molecule has 3 atom stereocenters. The van der Waals surface area contributed by atoms with Gasteiger partial charge in [-0.05, 0) is 32.2 Å². The first-order chi connectivity index (χ1) is 8.49. The van der Waals surface area contributed by atoms with Crippen molar-refractivity contribution in [2.75, 3.05) is 13.1 Å². The number of urea groups is 1. The van der Waals surface area contributed by atoms with Crippen molar-refractivity contribution in [3.05, 3.63) is 0 Å². The van der Waals surface area contributed by atoms with Crippen LogP contribution in [0.4, 0.5) is 4.79 Å². The van der Waals surface area contributed by atoms with Gasteiger partial charge in [0.2, 0.25) is 5.91 Å². The van der Waals surface area contributed by atoms with Crippen molar-refractivity contribution in [3.63, 3.8) is 0 Å². The molecule has 1 rings (SSSR count). The molecule has 0 aromatic heterocycles. The average molecular weight is 256 g/mol. The van der Waals surface area contributed by atoms with Gasteiger partial charge in [0.05, 0.1) is 6.04 Å². The van der Waals surface area contributed by atoms with Crippen LogP contribution in [0.2, 0.25) is 0 Å². The minimum Gasteiger partial charge on any atom is -0.351 e. The highest BCUT2D eigenvalue weighted by atomic mass is 16.2. The maximum Gasteiger partial charge on any atom is 0.318 e. The summed E-state index contributed by atoms with van der Waals surface area (Å²) in [6.45, 7) is 5.34. The number of nitrogens with zero attached hydrogens (tertiary/aromatic N) is 1. The Labute approximate surface area is 108 Å². The molecule has 6 nitrogen and oxygen atoms in total. The molecule has 5 N–H and O–H groups in total. The average Bonchev–Trinajstić information content (AvgIpc) is 2.36. The van der Waals surface area contributed by atoms with Gasteiger partial charge in [0, 0.05) is 12.6 Å². The van der Waals surface area contributed by atoms with Crippen LogP contribution in [0.25, 0.3) is 0 Å². The minimum atomic E-state index is -0.806. The van der Waals surface area contributed by atoms with E-state index >= 15 is 0 Å². The maximum atomic E-state index is 11.8. The summed E-state index contributed by atoms with van der Waals surface area (Å²) in [4.78, 5) is 24.5. The van der Waals surface area contributed by atoms with Gasteiger partial charge >= 0.3 is 6.03 Å². The van der Waals surface area contributed by atoms with Crippen LogP contribution in [0.3, 0.4) is 0 Å². The first-order valence-corrected chi connectivity index (χ1v) is 6.55. The zero-order valence-corrected chi connectivity index (χ0v) is 11.2. The van der Waals surface area contributed by atoms with E-state index in [1.807, 2.05) is 0 Å². The zero-order chi connectivity index (χ0) is 13.7. The Hall–Kier alpha value is -1.14. The Bertz CT molecular complexity index is 308. The van der Waals surface area contributed by atoms with Crippen LogP contribution >= 0.6 is 0 Å². The lowest BCUT2D eigenvalue weighted by molar-refractivity contribution is -0.126. The van der Waals surface area contributed by atoms with Crippen LogP contribution in [0.5, 0.6) is 0 Å². The SMILES string of the molecule is CCC1CCN(C(C)C(=O)NC(N)=O)C(CN)C1. The number of imide groups is 1. The molecule has 1 saturated heterocycles. The monoisotopic (exact) mass is 256 g/mol. The molecule has 0 saturated carbocycles. The topological polar surface area (TPSA) is 101 Å². The predicted molar refractivity (Wildman–Crippen MR) is 69.8 cm³/mol. The van der Waals surface area contributed by atoms with E-state index in [-0.39, 0.29) is 18.0 Å². The third-order valence-electron chi connectivity index (χ3n) is 3.84. The van der Waals surface area contributed by atoms with Crippen molar-refractivity contribution < 1.29 is 9.59 Å². The molecule has 18 heavy (non-hydrogen) atoms. The van der Waals surface area contributed by atoms with E-state index in [2.05, 4.69) is 17.1 Å². The van der Waals surface area contributed by atoms with E-state index in [1.54, 1.807) is 6.92 Å². The van der Waals surface area contributed by atoms with Gasteiger partial charge < -0.3 is 11.5 Å². The number of nitrogens with two attached hydrogens (primary N) is 2. The summed E-state index contributed by atoms with van der Waals surface area (Å²) in [5, 5.41) is 2.13. The fourth-order valence-electron chi connectivity index (χ4n) is 2.64. The number of piperidine rings is 1. The van der Waals surface area contributed by atoms with Crippen molar-refractivity contribution in [1.29, 1.82) is 0 Å². The smallest absolute Gasteiger partial charge is 0.318 e. The number of amides is 3. The Balaban J connectivity index is 2.63. The van der Waals surface area contributed by atoms with Crippen molar-refractivity contribution in [3.8, 4) is 0 Å². The quantitative estimate of drug-likeness (QED) is 0.660. The summed E-state index contributed by atoms with van der Waals surface area (Å²) in [6.07, 6.45) is 3.23. The molecule has 3 unspecified atom stereocenters. The number of rotatable bonds is 4. The molecular weight excluding hydrogens is 232 g/mol. The van der Waals surface area contributed by atoms with Gasteiger partial charge in [-0.25, -0.2) is 4.79 Å². The number of carbonyl (C=O) groups is 2. The largest absolute Gasteiger partial charge is 0.351 e. The van der Waals surface area contributed by atoms with Crippen LogP contribution in [0.1, 0.15) is 33.1 Å². The summed E-state index contributed by atoms with van der Waals surface area (Å²) in [7, 11) is 0. The van der Waals surface area contributed by atoms with Crippen LogP contribution < -0.4 is 16.8 Å². The van der Waals surface area contributed by atoms with Crippen molar-refractivity contribution in [2.24, 2.45) is 17.4 Å². The molecule has 0 bridgehead atoms. The van der Waals surface area contributed by atoms with Crippen molar-refractivity contribution in [2.45, 2.75) is 45.2 Å². The van der Waals surface area contributed by atoms with E-state index in [0.717, 1.165) is 25.8 Å². The summed E-state index contributed by atoms with van der Waals surface area (Å²) >= 11 is 0. The molecule has 0 aromatic rings. The maximum absolute atomic E-state index is 11.8. The van der Waals surface area contributed by atoms with Crippen LogP contribution in [-0.2, 0) is 4.79 Å². The normalized spacial score (nSPS) is 26.6. The highest BCUT2D eigenvalue weighted by Gasteiger charge is 2.32. The second-order valence-corrected chi connectivity index (χ2v) is 4.96. The number of likely N-dealkylation sites (tertiary alicyclic amines) is 1. The number of hydrogen-bond donors (Lipinski definition) is 3. The van der Waals surface area contributed by atoms with Gasteiger partial charge in [-0.3, -0.25) is 15.0 Å². The molecule has 1 aliphatic rings. The highest BCUT2D eigenvalue weighted by Crippen LogP contribution is 2.26. The van der Waals surface area contributed by atoms with Gasteiger partial charge in [0.15, 0.2) is 0 Å². The third-order valence-corrected chi connectivity index (χ3v) is 3.84. The molecule has 6 heteroatoms. The fourth-order valence-corrected chi connectivity index (χ4v) is 2.64. The molecule has 0 radical (unpaired) electrons. The molecule has 0 aliphatic carbocycles. The fraction of sp³-hybridized carbons (Fsp3) is 0.833. The molecule has 3 amide bonds. The van der Waals surface area contributed by atoms with E-state index in [4.69, 9.17) is 11.5 Å². The van der Waals surface area contributed by atoms with Gasteiger partial charge in [-0.1, -0.05) is 13.3 Å². The first-order valence-electron chi connectivity index (χ1n) is 6.55. The standard InChI is InChI=1S/C12H24N4O2/c1-3-9-4-5-16(10(6-9)7-13)8(2)11(17)15-12(14)18/h8-10H,3-7,13H2,1-2H3,(H3,14,15,17,18). The summed E-state index contributed by atoms with van der Waals surface area (Å²) < 4.78 is 0. The number of hydrogen-bond acceptors (Lipinski definition) is 4. The van der Waals surface area contributed by atoms with Crippen LogP contribution in [0.15, 0.2) is 0 Å². The molecule has 1 fully saturated rings. The molecule has 1 aliphatic heterocycles. The second-order valence-electron chi connectivity index (χ2n) is 4.96. The highest BCUT2D eigenvalue weighted by molar-refractivity contribution is 5.96. The Morgan fingerprint density at radius 1 is 1.50 bits per heavy atom. The van der Waals surface area contributed by atoms with Crippen LogP contribution in [0, 0.1) is 5.92 Å². The molecule has 0 aromatic carbocycles. The van der Waals surface area contributed by atoms with Gasteiger partial charge in [0.25, 0.3) is 0 Å². The Morgan fingerprint density at radius 3 is 2.67 bits per heavy atom. The van der Waals surface area contributed by atoms with Crippen molar-refractivity contribution >= 4 is 11.9 Å². The van der Waals surface area contributed by atoms with E-state index < -0.39 is 6.03 Å². The summed E-state index contributed by atoms with van der Waals surface area (Å²) in [5.74, 6) is 0.331. The molecular formula is C12H24N4O2. The summed E-state index contributed by atoms with van der Waals surface area (Å²) in [5.41, 5.74) is 10.7. The van der Waals surface area contributed by atoms with Gasteiger partial charge in [0.1, 0.15) is 0 Å². The van der Waals surface area contributed by atoms with Gasteiger partial charge in [-0.2, -0.15) is 0 Å².